The van der Waals surface area contributed by atoms with E-state index in [1.54, 1.807) is 18.3 Å². The molecule has 0 saturated heterocycles. The predicted molar refractivity (Wildman–Crippen MR) is 69.0 cm³/mol. The minimum atomic E-state index is -0.235. The van der Waals surface area contributed by atoms with E-state index in [4.69, 9.17) is 5.73 Å². The van der Waals surface area contributed by atoms with Crippen LogP contribution in [0.25, 0.3) is 0 Å². The molecule has 1 aromatic carbocycles. The first-order chi connectivity index (χ1) is 8.16. The van der Waals surface area contributed by atoms with Gasteiger partial charge in [0.2, 0.25) is 0 Å². The zero-order valence-electron chi connectivity index (χ0n) is 9.11. The van der Waals surface area contributed by atoms with E-state index in [-0.39, 0.29) is 11.9 Å². The van der Waals surface area contributed by atoms with Gasteiger partial charge in [0.05, 0.1) is 11.7 Å². The van der Waals surface area contributed by atoms with Crippen molar-refractivity contribution in [2.75, 3.05) is 0 Å². The second-order valence-corrected chi connectivity index (χ2v) is 4.66. The van der Waals surface area contributed by atoms with Crippen molar-refractivity contribution in [2.24, 2.45) is 5.73 Å². The molecule has 0 saturated carbocycles. The highest BCUT2D eigenvalue weighted by Crippen LogP contribution is 2.22. The molecule has 0 radical (unpaired) electrons. The lowest BCUT2D eigenvalue weighted by Gasteiger charge is -2.12. The Bertz CT molecular complexity index is 499. The van der Waals surface area contributed by atoms with Crippen LogP contribution >= 0.6 is 15.9 Å². The van der Waals surface area contributed by atoms with Gasteiger partial charge in [-0.25, -0.2) is 4.39 Å². The number of pyridine rings is 1. The number of nitrogens with two attached hydrogens (primary N) is 1. The van der Waals surface area contributed by atoms with Crippen LogP contribution in [0.4, 0.5) is 4.39 Å². The summed E-state index contributed by atoms with van der Waals surface area (Å²) in [5, 5.41) is 0. The van der Waals surface area contributed by atoms with Crippen LogP contribution in [0.5, 0.6) is 0 Å². The highest BCUT2D eigenvalue weighted by molar-refractivity contribution is 9.10. The third-order valence-electron chi connectivity index (χ3n) is 2.51. The van der Waals surface area contributed by atoms with E-state index in [1.165, 1.54) is 12.1 Å². The van der Waals surface area contributed by atoms with Crippen molar-refractivity contribution in [3.05, 3.63) is 64.1 Å². The van der Waals surface area contributed by atoms with Crippen molar-refractivity contribution in [3.63, 3.8) is 0 Å². The molecule has 0 fully saturated rings. The average molecular weight is 295 g/mol. The Morgan fingerprint density at radius 1 is 1.24 bits per heavy atom. The van der Waals surface area contributed by atoms with Gasteiger partial charge in [0.15, 0.2) is 0 Å². The second-order valence-electron chi connectivity index (χ2n) is 3.81. The molecule has 1 aromatic heterocycles. The molecular formula is C13H12BrFN2. The van der Waals surface area contributed by atoms with E-state index in [0.29, 0.717) is 6.42 Å². The lowest BCUT2D eigenvalue weighted by Crippen LogP contribution is -2.15. The number of aromatic nitrogens is 1. The molecule has 2 N–H and O–H groups in total. The summed E-state index contributed by atoms with van der Waals surface area (Å²) < 4.78 is 13.7. The molecule has 0 amide bonds. The van der Waals surface area contributed by atoms with Gasteiger partial charge in [-0.15, -0.1) is 0 Å². The van der Waals surface area contributed by atoms with Crippen molar-refractivity contribution >= 4 is 15.9 Å². The van der Waals surface area contributed by atoms with Crippen molar-refractivity contribution in [1.82, 2.24) is 4.98 Å². The van der Waals surface area contributed by atoms with Gasteiger partial charge in [0.25, 0.3) is 0 Å². The van der Waals surface area contributed by atoms with Crippen LogP contribution in [-0.4, -0.2) is 4.98 Å². The molecule has 0 bridgehead atoms. The van der Waals surface area contributed by atoms with E-state index in [9.17, 15) is 4.39 Å². The number of benzene rings is 1. The highest BCUT2D eigenvalue weighted by atomic mass is 79.9. The maximum atomic E-state index is 12.8. The topological polar surface area (TPSA) is 38.9 Å². The predicted octanol–water partition coefficient (Wildman–Crippen LogP) is 3.23. The van der Waals surface area contributed by atoms with Gasteiger partial charge < -0.3 is 5.73 Å². The van der Waals surface area contributed by atoms with Crippen LogP contribution < -0.4 is 5.73 Å². The van der Waals surface area contributed by atoms with Gasteiger partial charge in [-0.3, -0.25) is 4.98 Å². The molecule has 1 unspecified atom stereocenters. The summed E-state index contributed by atoms with van der Waals surface area (Å²) in [7, 11) is 0. The van der Waals surface area contributed by atoms with Crippen molar-refractivity contribution < 1.29 is 4.39 Å². The smallest absolute Gasteiger partial charge is 0.123 e. The highest BCUT2D eigenvalue weighted by Gasteiger charge is 2.11. The van der Waals surface area contributed by atoms with Gasteiger partial charge in [-0.1, -0.05) is 12.1 Å². The Kier molecular flexibility index (Phi) is 3.86. The molecule has 1 atom stereocenters. The maximum absolute atomic E-state index is 12.8. The van der Waals surface area contributed by atoms with Crippen molar-refractivity contribution in [3.8, 4) is 0 Å². The Hall–Kier alpha value is -1.26. The molecule has 17 heavy (non-hydrogen) atoms. The number of nitrogens with zero attached hydrogens (tertiary/aromatic N) is 1. The fraction of sp³-hybridized carbons (Fsp3) is 0.154. The first-order valence-electron chi connectivity index (χ1n) is 5.27. The molecule has 2 rings (SSSR count). The zero-order chi connectivity index (χ0) is 12.3. The molecule has 0 aliphatic carbocycles. The first kappa shape index (κ1) is 12.2. The fourth-order valence-corrected chi connectivity index (χ4v) is 2.19. The lowest BCUT2D eigenvalue weighted by atomic mass is 10.0. The molecule has 0 aliphatic heterocycles. The summed E-state index contributed by atoms with van der Waals surface area (Å²) >= 11 is 3.42. The van der Waals surface area contributed by atoms with E-state index in [2.05, 4.69) is 20.9 Å². The average Bonchev–Trinajstić information content (AvgIpc) is 2.32. The van der Waals surface area contributed by atoms with E-state index < -0.39 is 0 Å². The number of hydrogen-bond acceptors (Lipinski definition) is 2. The van der Waals surface area contributed by atoms with Gasteiger partial charge in [0, 0.05) is 10.7 Å². The molecule has 1 heterocycles. The minimum Gasteiger partial charge on any atom is -0.322 e. The Morgan fingerprint density at radius 3 is 2.59 bits per heavy atom. The van der Waals surface area contributed by atoms with Gasteiger partial charge in [0.1, 0.15) is 5.82 Å². The van der Waals surface area contributed by atoms with E-state index in [1.807, 2.05) is 12.1 Å². The van der Waals surface area contributed by atoms with Crippen LogP contribution in [0.15, 0.2) is 47.1 Å². The van der Waals surface area contributed by atoms with E-state index >= 15 is 0 Å². The molecule has 2 nitrogen and oxygen atoms in total. The van der Waals surface area contributed by atoms with Crippen LogP contribution in [-0.2, 0) is 6.42 Å². The second kappa shape index (κ2) is 5.38. The van der Waals surface area contributed by atoms with E-state index in [0.717, 1.165) is 15.7 Å². The fourth-order valence-electron chi connectivity index (χ4n) is 1.64. The summed E-state index contributed by atoms with van der Waals surface area (Å²) in [5.74, 6) is -0.235. The number of rotatable bonds is 3. The summed E-state index contributed by atoms with van der Waals surface area (Å²) in [6.45, 7) is 0. The van der Waals surface area contributed by atoms with Crippen LogP contribution in [0.3, 0.4) is 0 Å². The third-order valence-corrected chi connectivity index (χ3v) is 3.18. The standard InChI is InChI=1S/C13H12BrFN2/c14-11-2-1-7-17-13(11)12(16)8-9-3-5-10(15)6-4-9/h1-7,12H,8,16H2. The molecule has 0 spiro atoms. The van der Waals surface area contributed by atoms with Crippen molar-refractivity contribution in [2.45, 2.75) is 12.5 Å². The van der Waals surface area contributed by atoms with Gasteiger partial charge in [-0.2, -0.15) is 0 Å². The quantitative estimate of drug-likeness (QED) is 0.944. The summed E-state index contributed by atoms with van der Waals surface area (Å²) in [5.41, 5.74) is 7.89. The molecule has 4 heteroatoms. The number of hydrogen-bond donors (Lipinski definition) is 1. The summed E-state index contributed by atoms with van der Waals surface area (Å²) in [6.07, 6.45) is 2.35. The van der Waals surface area contributed by atoms with Gasteiger partial charge >= 0.3 is 0 Å². The molecule has 2 aromatic rings. The molecule has 0 aliphatic rings. The third kappa shape index (κ3) is 3.11. The van der Waals surface area contributed by atoms with Crippen LogP contribution in [0.1, 0.15) is 17.3 Å². The first-order valence-corrected chi connectivity index (χ1v) is 6.06. The Labute approximate surface area is 108 Å². The molecule has 88 valence electrons. The van der Waals surface area contributed by atoms with Gasteiger partial charge in [-0.05, 0) is 52.2 Å². The lowest BCUT2D eigenvalue weighted by molar-refractivity contribution is 0.625. The van der Waals surface area contributed by atoms with Crippen LogP contribution in [0.2, 0.25) is 0 Å². The number of halogens is 2. The SMILES string of the molecule is NC(Cc1ccc(F)cc1)c1ncccc1Br. The largest absolute Gasteiger partial charge is 0.322 e. The summed E-state index contributed by atoms with van der Waals surface area (Å²) in [6, 6.07) is 9.92. The minimum absolute atomic E-state index is 0.198. The zero-order valence-corrected chi connectivity index (χ0v) is 10.7. The molecular weight excluding hydrogens is 283 g/mol. The van der Waals surface area contributed by atoms with Crippen molar-refractivity contribution in [1.29, 1.82) is 0 Å². The monoisotopic (exact) mass is 294 g/mol. The Balaban J connectivity index is 2.14. The van der Waals surface area contributed by atoms with Crippen LogP contribution in [0, 0.1) is 5.82 Å². The summed E-state index contributed by atoms with van der Waals surface area (Å²) in [4.78, 5) is 4.25. The Morgan fingerprint density at radius 2 is 1.94 bits per heavy atom. The maximum Gasteiger partial charge on any atom is 0.123 e. The normalized spacial score (nSPS) is 12.4.